The number of phenols is 1. The molecule has 1 aromatic heterocycles. The third-order valence-corrected chi connectivity index (χ3v) is 6.92. The number of nitrogens with one attached hydrogen (secondary N) is 1. The van der Waals surface area contributed by atoms with Gasteiger partial charge in [-0.05, 0) is 59.0 Å². The van der Waals surface area contributed by atoms with E-state index in [1.807, 2.05) is 26.8 Å². The van der Waals surface area contributed by atoms with Gasteiger partial charge in [0.05, 0.1) is 40.9 Å². The number of aliphatic hydroxyl groups is 1. The minimum atomic E-state index is -1.13. The first kappa shape index (κ1) is 26.5. The Bertz CT molecular complexity index is 1710. The fraction of sp³-hybridized carbons (Fsp3) is 0.200. The van der Waals surface area contributed by atoms with Gasteiger partial charge < -0.3 is 25.0 Å². The Labute approximate surface area is 229 Å². The summed E-state index contributed by atoms with van der Waals surface area (Å²) in [5.41, 5.74) is 1.82. The first-order valence-electron chi connectivity index (χ1n) is 12.4. The van der Waals surface area contributed by atoms with Crippen LogP contribution in [-0.4, -0.2) is 50.1 Å². The summed E-state index contributed by atoms with van der Waals surface area (Å²) in [6.07, 6.45) is 0. The molecule has 4 aromatic rings. The van der Waals surface area contributed by atoms with Crippen LogP contribution >= 0.6 is 0 Å². The highest BCUT2D eigenvalue weighted by Gasteiger charge is 2.48. The van der Waals surface area contributed by atoms with E-state index in [-0.39, 0.29) is 33.8 Å². The molecule has 10 heteroatoms. The summed E-state index contributed by atoms with van der Waals surface area (Å²) >= 11 is 0. The number of aromatic amines is 1. The lowest BCUT2D eigenvalue weighted by Crippen LogP contribution is -2.30. The zero-order chi connectivity index (χ0) is 28.9. The topological polar surface area (TPSA) is 153 Å². The maximum Gasteiger partial charge on any atom is 0.335 e. The molecule has 1 aliphatic heterocycles. The highest BCUT2D eigenvalue weighted by Crippen LogP contribution is 2.43. The lowest BCUT2D eigenvalue weighted by molar-refractivity contribution is -0.132. The molecule has 3 aromatic carbocycles. The van der Waals surface area contributed by atoms with Gasteiger partial charge in [0.15, 0.2) is 0 Å². The Morgan fingerprint density at radius 1 is 1.00 bits per heavy atom. The van der Waals surface area contributed by atoms with Crippen LogP contribution in [0.1, 0.15) is 53.9 Å². The summed E-state index contributed by atoms with van der Waals surface area (Å²) < 4.78 is 5.49. The van der Waals surface area contributed by atoms with E-state index in [1.165, 1.54) is 37.4 Å². The fourth-order valence-electron chi connectivity index (χ4n) is 4.77. The number of carbonyl (C=O) groups excluding carboxylic acids is 2. The molecule has 1 unspecified atom stereocenters. The number of fused-ring (bicyclic) bond motifs is 1. The predicted octanol–water partition coefficient (Wildman–Crippen LogP) is 4.90. The Morgan fingerprint density at radius 2 is 1.70 bits per heavy atom. The Hall–Kier alpha value is -5.12. The number of ketones is 1. The van der Waals surface area contributed by atoms with Gasteiger partial charge in [-0.15, -0.1) is 0 Å². The first-order valence-corrected chi connectivity index (χ1v) is 12.4. The maximum absolute atomic E-state index is 13.6. The van der Waals surface area contributed by atoms with Gasteiger partial charge in [-0.3, -0.25) is 14.5 Å². The van der Waals surface area contributed by atoms with Gasteiger partial charge in [-0.1, -0.05) is 39.0 Å². The second kappa shape index (κ2) is 9.57. The number of aliphatic hydroxyl groups excluding tert-OH is 1. The van der Waals surface area contributed by atoms with E-state index in [2.05, 4.69) is 9.97 Å². The molecule has 0 radical (unpaired) electrons. The molecule has 40 heavy (non-hydrogen) atoms. The molecule has 2 heterocycles. The largest absolute Gasteiger partial charge is 0.508 e. The van der Waals surface area contributed by atoms with E-state index >= 15 is 0 Å². The second-order valence-corrected chi connectivity index (χ2v) is 10.5. The van der Waals surface area contributed by atoms with Gasteiger partial charge in [-0.25, -0.2) is 9.78 Å². The summed E-state index contributed by atoms with van der Waals surface area (Å²) in [5, 5.41) is 30.9. The summed E-state index contributed by atoms with van der Waals surface area (Å²) in [5.74, 6) is -3.16. The zero-order valence-corrected chi connectivity index (χ0v) is 22.2. The lowest BCUT2D eigenvalue weighted by atomic mass is 9.85. The standard InChI is InChI=1S/C30H27N3O7/c1-30(2,3)17-8-12-22(40-4)19(14-17)25(35)23-24(15-5-9-18(34)10-6-15)33(27(37)26(23)36)29-31-20-11-7-16(28(38)39)13-21(20)32-29/h5-14,24,34-35H,1-4H3,(H,31,32)(H,38,39)/b25-23+. The van der Waals surface area contributed by atoms with E-state index in [4.69, 9.17) is 4.74 Å². The number of rotatable bonds is 5. The number of aromatic carboxylic acids is 1. The van der Waals surface area contributed by atoms with Crippen molar-refractivity contribution in [3.05, 3.63) is 88.5 Å². The Kier molecular flexibility index (Phi) is 6.33. The van der Waals surface area contributed by atoms with Gasteiger partial charge in [0, 0.05) is 0 Å². The van der Waals surface area contributed by atoms with Gasteiger partial charge in [-0.2, -0.15) is 0 Å². The SMILES string of the molecule is COc1ccc(C(C)(C)C)cc1/C(O)=C1\C(=O)C(=O)N(c2nc3ccc(C(=O)O)cc3[nH]2)C1c1ccc(O)cc1. The Morgan fingerprint density at radius 3 is 2.33 bits per heavy atom. The number of benzene rings is 3. The van der Waals surface area contributed by atoms with Crippen molar-refractivity contribution < 1.29 is 34.4 Å². The van der Waals surface area contributed by atoms with Crippen LogP contribution in [0.2, 0.25) is 0 Å². The molecular formula is C30H27N3O7. The molecule has 0 bridgehead atoms. The monoisotopic (exact) mass is 541 g/mol. The number of imidazole rings is 1. The molecule has 0 spiro atoms. The highest BCUT2D eigenvalue weighted by atomic mass is 16.5. The van der Waals surface area contributed by atoms with Crippen LogP contribution in [0.3, 0.4) is 0 Å². The van der Waals surface area contributed by atoms with E-state index in [0.29, 0.717) is 22.3 Å². The fourth-order valence-corrected chi connectivity index (χ4v) is 4.77. The first-order chi connectivity index (χ1) is 18.9. The summed E-state index contributed by atoms with van der Waals surface area (Å²) in [6.45, 7) is 6.02. The molecule has 10 nitrogen and oxygen atoms in total. The quantitative estimate of drug-likeness (QED) is 0.158. The molecule has 1 amide bonds. The van der Waals surface area contributed by atoms with Crippen LogP contribution in [0, 0.1) is 0 Å². The lowest BCUT2D eigenvalue weighted by Gasteiger charge is -2.24. The number of Topliss-reactive ketones (excluding diaryl/α,β-unsaturated/α-hetero) is 1. The predicted molar refractivity (Wildman–Crippen MR) is 148 cm³/mol. The number of nitrogens with zero attached hydrogens (tertiary/aromatic N) is 2. The van der Waals surface area contributed by atoms with Crippen molar-refractivity contribution in [2.24, 2.45) is 0 Å². The molecule has 0 aliphatic carbocycles. The molecule has 4 N–H and O–H groups in total. The van der Waals surface area contributed by atoms with Crippen LogP contribution in [0.15, 0.2) is 66.2 Å². The summed E-state index contributed by atoms with van der Waals surface area (Å²) in [6, 6.07) is 14.3. The number of carboxylic acids is 1. The number of hydrogen-bond acceptors (Lipinski definition) is 7. The van der Waals surface area contributed by atoms with Crippen LogP contribution < -0.4 is 9.64 Å². The van der Waals surface area contributed by atoms with Crippen molar-refractivity contribution >= 4 is 40.4 Å². The van der Waals surface area contributed by atoms with Gasteiger partial charge in [0.2, 0.25) is 5.95 Å². The van der Waals surface area contributed by atoms with E-state index < -0.39 is 29.5 Å². The van der Waals surface area contributed by atoms with E-state index in [0.717, 1.165) is 10.5 Å². The van der Waals surface area contributed by atoms with Gasteiger partial charge in [0.1, 0.15) is 17.3 Å². The van der Waals surface area contributed by atoms with Crippen LogP contribution in [0.25, 0.3) is 16.8 Å². The minimum absolute atomic E-state index is 0.00725. The summed E-state index contributed by atoms with van der Waals surface area (Å²) in [7, 11) is 1.44. The smallest absolute Gasteiger partial charge is 0.335 e. The molecule has 1 atom stereocenters. The maximum atomic E-state index is 13.6. The van der Waals surface area contributed by atoms with Crippen LogP contribution in [0.5, 0.6) is 11.5 Å². The average Bonchev–Trinajstić information content (AvgIpc) is 3.45. The van der Waals surface area contributed by atoms with E-state index in [1.54, 1.807) is 24.3 Å². The number of amides is 1. The molecule has 1 fully saturated rings. The van der Waals surface area contributed by atoms with Crippen molar-refractivity contribution in [2.45, 2.75) is 32.2 Å². The summed E-state index contributed by atoms with van der Waals surface area (Å²) in [4.78, 5) is 47.1. The number of aromatic nitrogens is 2. The zero-order valence-electron chi connectivity index (χ0n) is 22.2. The molecule has 1 aliphatic rings. The van der Waals surface area contributed by atoms with Crippen molar-refractivity contribution in [1.82, 2.24) is 9.97 Å². The number of ether oxygens (including phenoxy) is 1. The number of carboxylic acid groups (broad SMARTS) is 1. The molecule has 204 valence electrons. The molecule has 5 rings (SSSR count). The number of phenolic OH excluding ortho intramolecular Hbond substituents is 1. The number of hydrogen-bond donors (Lipinski definition) is 4. The van der Waals surface area contributed by atoms with Gasteiger partial charge >= 0.3 is 11.9 Å². The van der Waals surface area contributed by atoms with Crippen molar-refractivity contribution in [3.8, 4) is 11.5 Å². The molecular weight excluding hydrogens is 514 g/mol. The van der Waals surface area contributed by atoms with Crippen molar-refractivity contribution in [1.29, 1.82) is 0 Å². The van der Waals surface area contributed by atoms with Crippen LogP contribution in [-0.2, 0) is 15.0 Å². The number of methoxy groups -OCH3 is 1. The van der Waals surface area contributed by atoms with Crippen LogP contribution in [0.4, 0.5) is 5.95 Å². The number of anilines is 1. The second-order valence-electron chi connectivity index (χ2n) is 10.5. The molecule has 0 saturated carbocycles. The minimum Gasteiger partial charge on any atom is -0.508 e. The molecule has 1 saturated heterocycles. The third kappa shape index (κ3) is 4.43. The number of H-pyrrole nitrogens is 1. The Balaban J connectivity index is 1.75. The normalized spacial score (nSPS) is 17.0. The number of aromatic hydroxyl groups is 1. The average molecular weight is 542 g/mol. The van der Waals surface area contributed by atoms with Crippen molar-refractivity contribution in [2.75, 3.05) is 12.0 Å². The number of carbonyl (C=O) groups is 3. The van der Waals surface area contributed by atoms with E-state index in [9.17, 15) is 29.7 Å². The van der Waals surface area contributed by atoms with Crippen molar-refractivity contribution in [3.63, 3.8) is 0 Å². The third-order valence-electron chi connectivity index (χ3n) is 6.92. The highest BCUT2D eigenvalue weighted by molar-refractivity contribution is 6.51. The van der Waals surface area contributed by atoms with Gasteiger partial charge in [0.25, 0.3) is 5.78 Å².